The average molecular weight is 161 g/mol. The van der Waals surface area contributed by atoms with E-state index in [1.54, 1.807) is 0 Å². The van der Waals surface area contributed by atoms with E-state index in [2.05, 4.69) is 5.32 Å². The van der Waals surface area contributed by atoms with Crippen LogP contribution in [0, 0.1) is 0 Å². The van der Waals surface area contributed by atoms with E-state index in [0.717, 1.165) is 6.42 Å². The van der Waals surface area contributed by atoms with Crippen LogP contribution in [0.15, 0.2) is 0 Å². The van der Waals surface area contributed by atoms with Crippen LogP contribution in [0.5, 0.6) is 0 Å². The molecule has 0 saturated carbocycles. The second-order valence-corrected chi connectivity index (χ2v) is 2.67. The molecule has 11 heavy (non-hydrogen) atoms. The van der Waals surface area contributed by atoms with Gasteiger partial charge in [-0.05, 0) is 12.8 Å². The minimum Gasteiger partial charge on any atom is -0.348 e. The lowest BCUT2D eigenvalue weighted by Gasteiger charge is -2.26. The number of alkyl halides is 1. The van der Waals surface area contributed by atoms with Crippen molar-refractivity contribution in [3.63, 3.8) is 0 Å². The number of ether oxygens (including phenoxy) is 1. The van der Waals surface area contributed by atoms with Crippen LogP contribution in [0.25, 0.3) is 0 Å². The lowest BCUT2D eigenvalue weighted by Crippen LogP contribution is -2.44. The molecule has 4 heteroatoms. The number of rotatable bonds is 1. The Balaban J connectivity index is 2.35. The first-order valence-electron chi connectivity index (χ1n) is 3.73. The summed E-state index contributed by atoms with van der Waals surface area (Å²) in [5.41, 5.74) is 0. The summed E-state index contributed by atoms with van der Waals surface area (Å²) < 4.78 is 17.5. The average Bonchev–Trinajstić information content (AvgIpc) is 1.93. The van der Waals surface area contributed by atoms with Gasteiger partial charge in [0.15, 0.2) is 0 Å². The van der Waals surface area contributed by atoms with Crippen LogP contribution in [0.4, 0.5) is 4.39 Å². The van der Waals surface area contributed by atoms with E-state index >= 15 is 0 Å². The third-order valence-electron chi connectivity index (χ3n) is 1.64. The molecule has 1 aliphatic rings. The Kier molecular flexibility index (Phi) is 2.82. The smallest absolute Gasteiger partial charge is 0.219 e. The zero-order chi connectivity index (χ0) is 8.27. The quantitative estimate of drug-likeness (QED) is 0.611. The van der Waals surface area contributed by atoms with Gasteiger partial charge in [0.1, 0.15) is 0 Å². The minimum absolute atomic E-state index is 0.205. The maximum atomic E-state index is 12.8. The second-order valence-electron chi connectivity index (χ2n) is 2.67. The summed E-state index contributed by atoms with van der Waals surface area (Å²) >= 11 is 0. The summed E-state index contributed by atoms with van der Waals surface area (Å²) in [5, 5.41) is 2.49. The molecule has 0 aliphatic carbocycles. The molecule has 1 aliphatic heterocycles. The van der Waals surface area contributed by atoms with Crippen molar-refractivity contribution >= 4 is 5.91 Å². The van der Waals surface area contributed by atoms with Crippen LogP contribution >= 0.6 is 0 Å². The molecule has 2 atom stereocenters. The van der Waals surface area contributed by atoms with E-state index in [-0.39, 0.29) is 5.91 Å². The molecule has 2 unspecified atom stereocenters. The van der Waals surface area contributed by atoms with Crippen molar-refractivity contribution in [3.8, 4) is 0 Å². The lowest BCUT2D eigenvalue weighted by atomic mass is 10.1. The topological polar surface area (TPSA) is 38.3 Å². The van der Waals surface area contributed by atoms with Gasteiger partial charge in [0.25, 0.3) is 0 Å². The van der Waals surface area contributed by atoms with Gasteiger partial charge < -0.3 is 10.1 Å². The maximum absolute atomic E-state index is 12.8. The fraction of sp³-hybridized carbons (Fsp3) is 0.857. The number of carbonyl (C=O) groups is 1. The molecule has 1 saturated heterocycles. The van der Waals surface area contributed by atoms with Gasteiger partial charge in [-0.3, -0.25) is 4.79 Å². The molecule has 3 nitrogen and oxygen atoms in total. The number of hydrogen-bond donors (Lipinski definition) is 1. The third-order valence-corrected chi connectivity index (χ3v) is 1.64. The largest absolute Gasteiger partial charge is 0.348 e. The zero-order valence-corrected chi connectivity index (χ0v) is 6.47. The van der Waals surface area contributed by atoms with Gasteiger partial charge in [-0.15, -0.1) is 0 Å². The molecule has 64 valence electrons. The molecule has 0 aromatic heterocycles. The van der Waals surface area contributed by atoms with E-state index in [4.69, 9.17) is 4.74 Å². The standard InChI is InChI=1S/C7H12FNO2/c1-5(10)9-6-3-2-4-11-7(6)8/h6-7H,2-4H2,1H3,(H,9,10). The van der Waals surface area contributed by atoms with Gasteiger partial charge in [-0.2, -0.15) is 0 Å². The van der Waals surface area contributed by atoms with Crippen LogP contribution in [0.1, 0.15) is 19.8 Å². The normalized spacial score (nSPS) is 31.5. The number of halogens is 1. The molecule has 0 aromatic rings. The molecule has 1 amide bonds. The summed E-state index contributed by atoms with van der Waals surface area (Å²) in [6.07, 6.45) is 0.152. The van der Waals surface area contributed by atoms with Crippen molar-refractivity contribution in [3.05, 3.63) is 0 Å². The fourth-order valence-corrected chi connectivity index (χ4v) is 1.15. The lowest BCUT2D eigenvalue weighted by molar-refractivity contribution is -0.127. The fourth-order valence-electron chi connectivity index (χ4n) is 1.15. The highest BCUT2D eigenvalue weighted by Gasteiger charge is 2.25. The van der Waals surface area contributed by atoms with Gasteiger partial charge in [0.05, 0.1) is 12.6 Å². The van der Waals surface area contributed by atoms with Crippen LogP contribution in [0.2, 0.25) is 0 Å². The van der Waals surface area contributed by atoms with E-state index in [1.807, 2.05) is 0 Å². The van der Waals surface area contributed by atoms with E-state index in [1.165, 1.54) is 6.92 Å². The first-order valence-corrected chi connectivity index (χ1v) is 3.73. The molecule has 1 fully saturated rings. The monoisotopic (exact) mass is 161 g/mol. The second kappa shape index (κ2) is 3.67. The SMILES string of the molecule is CC(=O)NC1CCCOC1F. The highest BCUT2D eigenvalue weighted by atomic mass is 19.1. The van der Waals surface area contributed by atoms with Gasteiger partial charge in [0.2, 0.25) is 12.3 Å². The molecule has 0 radical (unpaired) electrons. The third kappa shape index (κ3) is 2.46. The minimum atomic E-state index is -1.33. The Hall–Kier alpha value is -0.640. The molecule has 1 heterocycles. The van der Waals surface area contributed by atoms with Gasteiger partial charge in [-0.1, -0.05) is 0 Å². The van der Waals surface area contributed by atoms with Gasteiger partial charge >= 0.3 is 0 Å². The molecular formula is C7H12FNO2. The summed E-state index contributed by atoms with van der Waals surface area (Å²) in [5.74, 6) is -0.205. The number of nitrogens with one attached hydrogen (secondary N) is 1. The molecular weight excluding hydrogens is 149 g/mol. The Bertz CT molecular complexity index is 151. The molecule has 0 aromatic carbocycles. The van der Waals surface area contributed by atoms with Crippen molar-refractivity contribution < 1.29 is 13.9 Å². The first-order chi connectivity index (χ1) is 5.20. The highest BCUT2D eigenvalue weighted by molar-refractivity contribution is 5.73. The van der Waals surface area contributed by atoms with Gasteiger partial charge in [-0.25, -0.2) is 4.39 Å². The van der Waals surface area contributed by atoms with Crippen molar-refractivity contribution in [2.24, 2.45) is 0 Å². The summed E-state index contributed by atoms with van der Waals surface area (Å²) in [4.78, 5) is 10.5. The first kappa shape index (κ1) is 8.46. The van der Waals surface area contributed by atoms with Crippen molar-refractivity contribution in [1.82, 2.24) is 5.32 Å². The van der Waals surface area contributed by atoms with Crippen molar-refractivity contribution in [1.29, 1.82) is 0 Å². The Labute approximate surface area is 64.9 Å². The van der Waals surface area contributed by atoms with E-state index in [0.29, 0.717) is 13.0 Å². The summed E-state index contributed by atoms with van der Waals surface area (Å²) in [7, 11) is 0. The summed E-state index contributed by atoms with van der Waals surface area (Å²) in [6.45, 7) is 1.83. The van der Waals surface area contributed by atoms with E-state index in [9.17, 15) is 9.18 Å². The van der Waals surface area contributed by atoms with Crippen LogP contribution in [0.3, 0.4) is 0 Å². The predicted molar refractivity (Wildman–Crippen MR) is 37.7 cm³/mol. The molecule has 0 bridgehead atoms. The number of amides is 1. The Morgan fingerprint density at radius 2 is 2.45 bits per heavy atom. The van der Waals surface area contributed by atoms with E-state index < -0.39 is 12.4 Å². The molecule has 1 rings (SSSR count). The summed E-state index contributed by atoms with van der Waals surface area (Å²) in [6, 6.07) is -0.443. The highest BCUT2D eigenvalue weighted by Crippen LogP contribution is 2.14. The molecule has 1 N–H and O–H groups in total. The number of carbonyl (C=O) groups excluding carboxylic acids is 1. The zero-order valence-electron chi connectivity index (χ0n) is 6.47. The van der Waals surface area contributed by atoms with Crippen LogP contribution in [-0.4, -0.2) is 24.9 Å². The Morgan fingerprint density at radius 3 is 3.00 bits per heavy atom. The Morgan fingerprint density at radius 1 is 1.73 bits per heavy atom. The predicted octanol–water partition coefficient (Wildman–Crippen LogP) is 0.597. The maximum Gasteiger partial charge on any atom is 0.219 e. The van der Waals surface area contributed by atoms with Crippen molar-refractivity contribution in [2.45, 2.75) is 32.2 Å². The molecule has 0 spiro atoms. The van der Waals surface area contributed by atoms with Crippen LogP contribution < -0.4 is 5.32 Å². The van der Waals surface area contributed by atoms with Gasteiger partial charge in [0, 0.05) is 6.92 Å². The number of hydrogen-bond acceptors (Lipinski definition) is 2. The van der Waals surface area contributed by atoms with Crippen molar-refractivity contribution in [2.75, 3.05) is 6.61 Å². The van der Waals surface area contributed by atoms with Crippen LogP contribution in [-0.2, 0) is 9.53 Å².